The van der Waals surface area contributed by atoms with E-state index in [0.29, 0.717) is 5.56 Å². The maximum absolute atomic E-state index is 11.7. The van der Waals surface area contributed by atoms with Crippen LogP contribution >= 0.6 is 0 Å². The summed E-state index contributed by atoms with van der Waals surface area (Å²) in [6, 6.07) is 13.3. The van der Waals surface area contributed by atoms with Crippen LogP contribution < -0.4 is 34.3 Å². The Labute approximate surface area is 140 Å². The van der Waals surface area contributed by atoms with Crippen LogP contribution in [0, 0.1) is 0 Å². The Morgan fingerprint density at radius 1 is 1.00 bits per heavy atom. The average Bonchev–Trinajstić information content (AvgIpc) is 2.39. The van der Waals surface area contributed by atoms with Crippen LogP contribution in [0.5, 0.6) is 5.75 Å². The molecule has 2 rings (SSSR count). The first kappa shape index (κ1) is 16.9. The first-order valence-electron chi connectivity index (χ1n) is 5.31. The van der Waals surface area contributed by atoms with E-state index in [1.807, 2.05) is 0 Å². The van der Waals surface area contributed by atoms with E-state index >= 15 is 0 Å². The molecule has 0 amide bonds. The summed E-state index contributed by atoms with van der Waals surface area (Å²) >= 11 is 0. The van der Waals surface area contributed by atoms with Crippen molar-refractivity contribution in [2.24, 2.45) is 0 Å². The van der Waals surface area contributed by atoms with E-state index in [2.05, 4.69) is 0 Å². The summed E-state index contributed by atoms with van der Waals surface area (Å²) in [5, 5.41) is 0. The Hall–Kier alpha value is -1.18. The molecule has 0 bridgehead atoms. The number of esters is 1. The van der Waals surface area contributed by atoms with Gasteiger partial charge in [0.2, 0.25) is 0 Å². The summed E-state index contributed by atoms with van der Waals surface area (Å²) in [5.41, 5.74) is 0.390. The number of hydrogen-bond donors (Lipinski definition) is 1. The van der Waals surface area contributed by atoms with Gasteiger partial charge in [-0.15, -0.1) is 0 Å². The van der Waals surface area contributed by atoms with Crippen molar-refractivity contribution in [2.45, 2.75) is 4.90 Å². The molecule has 7 heteroatoms. The van der Waals surface area contributed by atoms with Gasteiger partial charge in [-0.3, -0.25) is 4.55 Å². The number of carbonyl (C=O) groups is 1. The molecule has 0 radical (unpaired) electrons. The number of benzene rings is 2. The van der Waals surface area contributed by atoms with Gasteiger partial charge < -0.3 is 6.16 Å². The topological polar surface area (TPSA) is 80.7 Å². The van der Waals surface area contributed by atoms with E-state index in [1.165, 1.54) is 12.1 Å². The van der Waals surface area contributed by atoms with Crippen LogP contribution in [0.15, 0.2) is 59.5 Å². The smallest absolute Gasteiger partial charge is 1.00 e. The van der Waals surface area contributed by atoms with Gasteiger partial charge in [0.15, 0.2) is 0 Å². The van der Waals surface area contributed by atoms with Gasteiger partial charge >= 0.3 is 35.5 Å². The number of carbonyl (C=O) groups excluding carboxylic acids is 1. The SMILES string of the molecule is O=C(Oc1ccc(S(=O)(=O)O)cc1)c1ccccc1.[H-].[Na+]. The minimum atomic E-state index is -4.24. The monoisotopic (exact) mass is 302 g/mol. The van der Waals surface area contributed by atoms with Crippen molar-refractivity contribution in [3.05, 3.63) is 60.2 Å². The third-order valence-electron chi connectivity index (χ3n) is 2.34. The Kier molecular flexibility index (Phi) is 5.91. The Morgan fingerprint density at radius 2 is 1.55 bits per heavy atom. The number of ether oxygens (including phenoxy) is 1. The van der Waals surface area contributed by atoms with Crippen molar-refractivity contribution in [1.29, 1.82) is 0 Å². The molecule has 0 atom stereocenters. The molecule has 0 saturated heterocycles. The van der Waals surface area contributed by atoms with Crippen molar-refractivity contribution in [1.82, 2.24) is 0 Å². The largest absolute Gasteiger partial charge is 1.00 e. The van der Waals surface area contributed by atoms with Crippen molar-refractivity contribution in [3.63, 3.8) is 0 Å². The van der Waals surface area contributed by atoms with Crippen LogP contribution in [0.3, 0.4) is 0 Å². The molecule has 0 fully saturated rings. The molecule has 20 heavy (non-hydrogen) atoms. The maximum atomic E-state index is 11.7. The van der Waals surface area contributed by atoms with Gasteiger partial charge in [-0.25, -0.2) is 4.79 Å². The number of hydrogen-bond acceptors (Lipinski definition) is 4. The third kappa shape index (κ3) is 4.43. The molecule has 0 aliphatic rings. The molecule has 5 nitrogen and oxygen atoms in total. The molecule has 0 spiro atoms. The Balaban J connectivity index is 0.00000200. The first-order valence-corrected chi connectivity index (χ1v) is 6.75. The Morgan fingerprint density at radius 3 is 2.05 bits per heavy atom. The molecule has 0 unspecified atom stereocenters. The van der Waals surface area contributed by atoms with E-state index in [0.717, 1.165) is 12.1 Å². The van der Waals surface area contributed by atoms with Gasteiger partial charge in [0, 0.05) is 0 Å². The molecule has 0 aliphatic heterocycles. The van der Waals surface area contributed by atoms with Gasteiger partial charge in [-0.05, 0) is 36.4 Å². The summed E-state index contributed by atoms with van der Waals surface area (Å²) in [6.45, 7) is 0. The zero-order valence-corrected chi connectivity index (χ0v) is 13.5. The van der Waals surface area contributed by atoms with Gasteiger partial charge in [0.1, 0.15) is 5.75 Å². The Bertz CT molecular complexity index is 686. The van der Waals surface area contributed by atoms with E-state index < -0.39 is 16.1 Å². The molecular formula is C13H11NaO5S. The third-order valence-corrected chi connectivity index (χ3v) is 3.21. The fraction of sp³-hybridized carbons (Fsp3) is 0. The van der Waals surface area contributed by atoms with Gasteiger partial charge in [-0.1, -0.05) is 18.2 Å². The van der Waals surface area contributed by atoms with Crippen LogP contribution in [0.1, 0.15) is 11.8 Å². The maximum Gasteiger partial charge on any atom is 1.00 e. The minimum absolute atomic E-state index is 0. The van der Waals surface area contributed by atoms with Crippen LogP contribution in [0.2, 0.25) is 0 Å². The standard InChI is InChI=1S/C13H10O5S.Na.H/c14-13(10-4-2-1-3-5-10)18-11-6-8-12(9-7-11)19(15,16)17;;/h1-9H,(H,15,16,17);;/q;+1;-1. The van der Waals surface area contributed by atoms with E-state index in [4.69, 9.17) is 9.29 Å². The predicted molar refractivity (Wildman–Crippen MR) is 68.8 cm³/mol. The fourth-order valence-electron chi connectivity index (χ4n) is 1.42. The minimum Gasteiger partial charge on any atom is -1.00 e. The molecule has 0 heterocycles. The van der Waals surface area contributed by atoms with Crippen LogP contribution in [-0.4, -0.2) is 18.9 Å². The summed E-state index contributed by atoms with van der Waals surface area (Å²) in [4.78, 5) is 11.4. The van der Waals surface area contributed by atoms with Gasteiger partial charge in [0.05, 0.1) is 10.5 Å². The second-order valence-corrected chi connectivity index (χ2v) is 5.12. The quantitative estimate of drug-likeness (QED) is 0.350. The molecule has 100 valence electrons. The van der Waals surface area contributed by atoms with Crippen molar-refractivity contribution in [2.75, 3.05) is 0 Å². The zero-order valence-electron chi connectivity index (χ0n) is 11.7. The average molecular weight is 302 g/mol. The number of rotatable bonds is 3. The molecule has 1 N–H and O–H groups in total. The van der Waals surface area contributed by atoms with Crippen molar-refractivity contribution in [3.8, 4) is 5.75 Å². The summed E-state index contributed by atoms with van der Waals surface area (Å²) in [5.74, 6) is -0.346. The van der Waals surface area contributed by atoms with Gasteiger partial charge in [-0.2, -0.15) is 8.42 Å². The van der Waals surface area contributed by atoms with E-state index in [1.54, 1.807) is 30.3 Å². The fourth-order valence-corrected chi connectivity index (χ4v) is 1.90. The van der Waals surface area contributed by atoms with Crippen LogP contribution in [-0.2, 0) is 10.1 Å². The summed E-state index contributed by atoms with van der Waals surface area (Å²) < 4.78 is 35.5. The van der Waals surface area contributed by atoms with Crippen LogP contribution in [0.25, 0.3) is 0 Å². The molecular weight excluding hydrogens is 291 g/mol. The molecule has 0 aromatic heterocycles. The molecule has 2 aromatic carbocycles. The summed E-state index contributed by atoms with van der Waals surface area (Å²) in [6.07, 6.45) is 0. The molecule has 0 aliphatic carbocycles. The summed E-state index contributed by atoms with van der Waals surface area (Å²) in [7, 11) is -4.24. The zero-order chi connectivity index (χ0) is 13.9. The molecule has 2 aromatic rings. The van der Waals surface area contributed by atoms with Gasteiger partial charge in [0.25, 0.3) is 10.1 Å². The van der Waals surface area contributed by atoms with Crippen molar-refractivity contribution >= 4 is 16.1 Å². The first-order chi connectivity index (χ1) is 8.97. The molecule has 0 saturated carbocycles. The van der Waals surface area contributed by atoms with E-state index in [-0.39, 0.29) is 41.6 Å². The second kappa shape index (κ2) is 7.01. The normalized spacial score (nSPS) is 10.4. The second-order valence-electron chi connectivity index (χ2n) is 3.70. The van der Waals surface area contributed by atoms with Crippen molar-refractivity contribution < 1.29 is 53.5 Å². The predicted octanol–water partition coefficient (Wildman–Crippen LogP) is -0.731. The van der Waals surface area contributed by atoms with Crippen LogP contribution in [0.4, 0.5) is 0 Å². The van der Waals surface area contributed by atoms with E-state index in [9.17, 15) is 13.2 Å².